The standard InChI is InChI=1S/C11H10FNO4/c1-15-6-16-11-5-10(17-13-11)8-3-2-7(14)4-9(8)12/h2-5,14H,6H2,1H3. The van der Waals surface area contributed by atoms with Gasteiger partial charge >= 0.3 is 0 Å². The Balaban J connectivity index is 2.24. The van der Waals surface area contributed by atoms with Crippen molar-refractivity contribution in [1.29, 1.82) is 0 Å². The van der Waals surface area contributed by atoms with Crippen LogP contribution in [0.4, 0.5) is 4.39 Å². The molecular formula is C11H10FNO4. The molecule has 17 heavy (non-hydrogen) atoms. The number of aromatic hydroxyl groups is 1. The number of hydrogen-bond donors (Lipinski definition) is 1. The van der Waals surface area contributed by atoms with Crippen LogP contribution in [0.3, 0.4) is 0 Å². The van der Waals surface area contributed by atoms with Crippen molar-refractivity contribution in [3.8, 4) is 23.0 Å². The third-order valence-corrected chi connectivity index (χ3v) is 2.03. The van der Waals surface area contributed by atoms with Crippen molar-refractivity contribution in [2.24, 2.45) is 0 Å². The Hall–Kier alpha value is -2.08. The lowest BCUT2D eigenvalue weighted by molar-refractivity contribution is 0.0453. The Morgan fingerprint density at radius 2 is 2.24 bits per heavy atom. The maximum Gasteiger partial charge on any atom is 0.256 e. The van der Waals surface area contributed by atoms with Gasteiger partial charge in [-0.05, 0) is 17.3 Å². The van der Waals surface area contributed by atoms with Crippen LogP contribution in [0.2, 0.25) is 0 Å². The molecule has 0 spiro atoms. The van der Waals surface area contributed by atoms with E-state index < -0.39 is 5.82 Å². The van der Waals surface area contributed by atoms with Gasteiger partial charge in [-0.25, -0.2) is 4.39 Å². The largest absolute Gasteiger partial charge is 0.508 e. The van der Waals surface area contributed by atoms with Crippen LogP contribution in [0, 0.1) is 5.82 Å². The van der Waals surface area contributed by atoms with Crippen LogP contribution >= 0.6 is 0 Å². The molecule has 0 saturated carbocycles. The van der Waals surface area contributed by atoms with Gasteiger partial charge in [-0.2, -0.15) is 0 Å². The lowest BCUT2D eigenvalue weighted by Crippen LogP contribution is -1.98. The number of rotatable bonds is 4. The highest BCUT2D eigenvalue weighted by Crippen LogP contribution is 2.28. The molecule has 1 aromatic heterocycles. The monoisotopic (exact) mass is 239 g/mol. The lowest BCUT2D eigenvalue weighted by Gasteiger charge is -1.98. The molecule has 2 aromatic rings. The molecule has 0 aliphatic heterocycles. The molecular weight excluding hydrogens is 229 g/mol. The van der Waals surface area contributed by atoms with Gasteiger partial charge in [0.05, 0.1) is 5.56 Å². The van der Waals surface area contributed by atoms with Gasteiger partial charge in [0.15, 0.2) is 12.6 Å². The SMILES string of the molecule is COCOc1cc(-c2ccc(O)cc2F)on1. The predicted octanol–water partition coefficient (Wildman–Crippen LogP) is 2.17. The van der Waals surface area contributed by atoms with Crippen molar-refractivity contribution in [1.82, 2.24) is 5.16 Å². The zero-order chi connectivity index (χ0) is 12.3. The number of phenolic OH excluding ortho intramolecular Hbond substituents is 1. The van der Waals surface area contributed by atoms with Crippen LogP contribution in [0.5, 0.6) is 11.6 Å². The highest BCUT2D eigenvalue weighted by Gasteiger charge is 2.12. The molecule has 1 heterocycles. The van der Waals surface area contributed by atoms with E-state index in [4.69, 9.17) is 14.4 Å². The molecule has 0 amide bonds. The van der Waals surface area contributed by atoms with E-state index in [0.29, 0.717) is 0 Å². The van der Waals surface area contributed by atoms with Gasteiger partial charge in [-0.15, -0.1) is 0 Å². The highest BCUT2D eigenvalue weighted by atomic mass is 19.1. The van der Waals surface area contributed by atoms with E-state index in [-0.39, 0.29) is 29.7 Å². The second-order valence-electron chi connectivity index (χ2n) is 3.24. The minimum Gasteiger partial charge on any atom is -0.508 e. The Kier molecular flexibility index (Phi) is 3.24. The number of nitrogens with zero attached hydrogens (tertiary/aromatic N) is 1. The predicted molar refractivity (Wildman–Crippen MR) is 56.1 cm³/mol. The van der Waals surface area contributed by atoms with Gasteiger partial charge in [-0.1, -0.05) is 0 Å². The van der Waals surface area contributed by atoms with E-state index in [1.165, 1.54) is 25.3 Å². The number of hydrogen-bond acceptors (Lipinski definition) is 5. The summed E-state index contributed by atoms with van der Waals surface area (Å²) >= 11 is 0. The number of halogens is 1. The second kappa shape index (κ2) is 4.84. The van der Waals surface area contributed by atoms with Crippen molar-refractivity contribution in [2.45, 2.75) is 0 Å². The van der Waals surface area contributed by atoms with Gasteiger partial charge in [0.25, 0.3) is 5.88 Å². The van der Waals surface area contributed by atoms with Crippen LogP contribution in [0.25, 0.3) is 11.3 Å². The minimum absolute atomic E-state index is 0.0318. The van der Waals surface area contributed by atoms with Crippen molar-refractivity contribution < 1.29 is 23.5 Å². The number of ether oxygens (including phenoxy) is 2. The summed E-state index contributed by atoms with van der Waals surface area (Å²) in [5, 5.41) is 12.7. The molecule has 0 fully saturated rings. The maximum absolute atomic E-state index is 13.5. The number of phenols is 1. The van der Waals surface area contributed by atoms with Gasteiger partial charge in [0.1, 0.15) is 11.6 Å². The van der Waals surface area contributed by atoms with Crippen LogP contribution in [-0.2, 0) is 4.74 Å². The molecule has 0 atom stereocenters. The van der Waals surface area contributed by atoms with E-state index >= 15 is 0 Å². The first-order valence-corrected chi connectivity index (χ1v) is 4.78. The third-order valence-electron chi connectivity index (χ3n) is 2.03. The van der Waals surface area contributed by atoms with Gasteiger partial charge in [0.2, 0.25) is 0 Å². The van der Waals surface area contributed by atoms with Crippen molar-refractivity contribution in [3.63, 3.8) is 0 Å². The highest BCUT2D eigenvalue weighted by molar-refractivity contribution is 5.60. The average molecular weight is 239 g/mol. The fraction of sp³-hybridized carbons (Fsp3) is 0.182. The quantitative estimate of drug-likeness (QED) is 0.828. The molecule has 90 valence electrons. The summed E-state index contributed by atoms with van der Waals surface area (Å²) in [6.07, 6.45) is 0. The zero-order valence-electron chi connectivity index (χ0n) is 9.01. The Labute approximate surface area is 96.4 Å². The molecule has 0 aliphatic carbocycles. The molecule has 0 bridgehead atoms. The van der Waals surface area contributed by atoms with E-state index in [1.54, 1.807) is 0 Å². The van der Waals surface area contributed by atoms with Crippen molar-refractivity contribution >= 4 is 0 Å². The van der Waals surface area contributed by atoms with Crippen LogP contribution in [0.1, 0.15) is 0 Å². The van der Waals surface area contributed by atoms with Crippen LogP contribution < -0.4 is 4.74 Å². The van der Waals surface area contributed by atoms with Crippen LogP contribution in [0.15, 0.2) is 28.8 Å². The maximum atomic E-state index is 13.5. The fourth-order valence-corrected chi connectivity index (χ4v) is 1.28. The molecule has 0 saturated heterocycles. The lowest BCUT2D eigenvalue weighted by atomic mass is 10.1. The molecule has 6 heteroatoms. The summed E-state index contributed by atoms with van der Waals surface area (Å²) in [4.78, 5) is 0. The molecule has 1 N–H and O–H groups in total. The number of aromatic nitrogens is 1. The van der Waals surface area contributed by atoms with Crippen molar-refractivity contribution in [2.75, 3.05) is 13.9 Å². The van der Waals surface area contributed by atoms with E-state index in [1.807, 2.05) is 0 Å². The van der Waals surface area contributed by atoms with Gasteiger partial charge in [0, 0.05) is 19.2 Å². The molecule has 2 rings (SSSR count). The molecule has 0 radical (unpaired) electrons. The van der Waals surface area contributed by atoms with E-state index in [2.05, 4.69) is 9.89 Å². The van der Waals surface area contributed by atoms with E-state index in [0.717, 1.165) is 6.07 Å². The Morgan fingerprint density at radius 1 is 1.41 bits per heavy atom. The van der Waals surface area contributed by atoms with Gasteiger partial charge in [-0.3, -0.25) is 0 Å². The summed E-state index contributed by atoms with van der Waals surface area (Å²) in [5.41, 5.74) is 0.197. The summed E-state index contributed by atoms with van der Waals surface area (Å²) < 4.78 is 28.1. The topological polar surface area (TPSA) is 64.7 Å². The fourth-order valence-electron chi connectivity index (χ4n) is 1.28. The summed E-state index contributed by atoms with van der Waals surface area (Å²) in [6, 6.07) is 5.18. The Bertz CT molecular complexity index is 512. The van der Waals surface area contributed by atoms with Gasteiger partial charge < -0.3 is 19.1 Å². The van der Waals surface area contributed by atoms with E-state index in [9.17, 15) is 4.39 Å². The third kappa shape index (κ3) is 2.54. The summed E-state index contributed by atoms with van der Waals surface area (Å²) in [7, 11) is 1.47. The summed E-state index contributed by atoms with van der Waals surface area (Å²) in [6.45, 7) is 0.0318. The first-order chi connectivity index (χ1) is 8.20. The first kappa shape index (κ1) is 11.4. The normalized spacial score (nSPS) is 10.5. The van der Waals surface area contributed by atoms with Crippen LogP contribution in [-0.4, -0.2) is 24.2 Å². The smallest absolute Gasteiger partial charge is 0.256 e. The Morgan fingerprint density at radius 3 is 2.94 bits per heavy atom. The molecule has 5 nitrogen and oxygen atoms in total. The number of benzene rings is 1. The zero-order valence-corrected chi connectivity index (χ0v) is 9.01. The summed E-state index contributed by atoms with van der Waals surface area (Å²) in [5.74, 6) is -0.330. The van der Waals surface area contributed by atoms with Crippen molar-refractivity contribution in [3.05, 3.63) is 30.1 Å². The second-order valence-corrected chi connectivity index (χ2v) is 3.24. The first-order valence-electron chi connectivity index (χ1n) is 4.78. The number of methoxy groups -OCH3 is 1. The molecule has 0 unspecified atom stereocenters. The molecule has 0 aliphatic rings. The molecule has 1 aromatic carbocycles. The minimum atomic E-state index is -0.598. The average Bonchev–Trinajstić information content (AvgIpc) is 2.75.